The van der Waals surface area contributed by atoms with Gasteiger partial charge in [0.15, 0.2) is 0 Å². The van der Waals surface area contributed by atoms with E-state index < -0.39 is 6.04 Å². The molecule has 15 heavy (non-hydrogen) atoms. The van der Waals surface area contributed by atoms with Gasteiger partial charge in [-0.15, -0.1) is 11.3 Å². The molecule has 0 aliphatic heterocycles. The first-order valence-corrected chi connectivity index (χ1v) is 5.52. The summed E-state index contributed by atoms with van der Waals surface area (Å²) in [5, 5.41) is 7.11. The Labute approximate surface area is 92.7 Å². The van der Waals surface area contributed by atoms with Crippen LogP contribution in [-0.2, 0) is 16.0 Å². The molecule has 1 aromatic heterocycles. The molecule has 2 amide bonds. The van der Waals surface area contributed by atoms with Gasteiger partial charge < -0.3 is 10.6 Å². The fraction of sp³-hybridized carbons (Fsp3) is 0.400. The quantitative estimate of drug-likeness (QED) is 0.787. The van der Waals surface area contributed by atoms with Crippen molar-refractivity contribution in [3.8, 4) is 0 Å². The Bertz CT molecular complexity index is 335. The van der Waals surface area contributed by atoms with E-state index in [1.807, 2.05) is 17.5 Å². The number of carbonyl (C=O) groups is 2. The summed E-state index contributed by atoms with van der Waals surface area (Å²) in [6, 6.07) is 3.39. The number of hydrogen-bond acceptors (Lipinski definition) is 3. The molecule has 5 heteroatoms. The topological polar surface area (TPSA) is 58.2 Å². The summed E-state index contributed by atoms with van der Waals surface area (Å²) in [7, 11) is 1.56. The van der Waals surface area contributed by atoms with Crippen LogP contribution in [0.4, 0.5) is 0 Å². The summed E-state index contributed by atoms with van der Waals surface area (Å²) in [5.74, 6) is -0.362. The molecule has 1 rings (SSSR count). The van der Waals surface area contributed by atoms with Crippen molar-refractivity contribution in [2.24, 2.45) is 0 Å². The molecule has 0 unspecified atom stereocenters. The Morgan fingerprint density at radius 3 is 2.73 bits per heavy atom. The minimum absolute atomic E-state index is 0.168. The predicted molar refractivity (Wildman–Crippen MR) is 59.7 cm³/mol. The maximum absolute atomic E-state index is 11.5. The zero-order chi connectivity index (χ0) is 11.3. The molecule has 0 bridgehead atoms. The van der Waals surface area contributed by atoms with E-state index in [2.05, 4.69) is 10.6 Å². The fourth-order valence-corrected chi connectivity index (χ4v) is 2.01. The van der Waals surface area contributed by atoms with E-state index in [-0.39, 0.29) is 11.8 Å². The Kier molecular flexibility index (Phi) is 4.30. The van der Waals surface area contributed by atoms with Crippen molar-refractivity contribution in [3.05, 3.63) is 22.4 Å². The lowest BCUT2D eigenvalue weighted by Crippen LogP contribution is -2.46. The summed E-state index contributed by atoms with van der Waals surface area (Å²) in [6.45, 7) is 1.41. The van der Waals surface area contributed by atoms with Crippen LogP contribution in [0.15, 0.2) is 17.5 Å². The number of rotatable bonds is 4. The average molecular weight is 226 g/mol. The highest BCUT2D eigenvalue weighted by Gasteiger charge is 2.18. The molecule has 0 saturated heterocycles. The molecule has 0 saturated carbocycles. The number of carbonyl (C=O) groups excluding carboxylic acids is 2. The molecule has 0 spiro atoms. The van der Waals surface area contributed by atoms with Crippen molar-refractivity contribution in [3.63, 3.8) is 0 Å². The average Bonchev–Trinajstić information content (AvgIpc) is 2.67. The van der Waals surface area contributed by atoms with Gasteiger partial charge in [0.2, 0.25) is 11.8 Å². The lowest BCUT2D eigenvalue weighted by molar-refractivity contribution is -0.127. The van der Waals surface area contributed by atoms with E-state index in [9.17, 15) is 9.59 Å². The molecule has 1 heterocycles. The lowest BCUT2D eigenvalue weighted by atomic mass is 10.1. The first-order valence-electron chi connectivity index (χ1n) is 4.64. The molecule has 1 atom stereocenters. The third kappa shape index (κ3) is 3.71. The molecule has 2 N–H and O–H groups in total. The number of nitrogens with one attached hydrogen (secondary N) is 2. The fourth-order valence-electron chi connectivity index (χ4n) is 1.26. The van der Waals surface area contributed by atoms with E-state index in [0.717, 1.165) is 4.88 Å². The van der Waals surface area contributed by atoms with Crippen molar-refractivity contribution in [1.29, 1.82) is 0 Å². The molecule has 82 valence electrons. The minimum Gasteiger partial charge on any atom is -0.357 e. The van der Waals surface area contributed by atoms with Crippen LogP contribution < -0.4 is 10.6 Å². The molecule has 0 aliphatic carbocycles. The molecular weight excluding hydrogens is 212 g/mol. The van der Waals surface area contributed by atoms with Gasteiger partial charge in [-0.2, -0.15) is 0 Å². The normalized spacial score (nSPS) is 11.9. The van der Waals surface area contributed by atoms with Gasteiger partial charge in [-0.25, -0.2) is 0 Å². The Balaban J connectivity index is 2.64. The summed E-state index contributed by atoms with van der Waals surface area (Å²) in [6.07, 6.45) is 0.539. The molecule has 0 radical (unpaired) electrons. The van der Waals surface area contributed by atoms with Gasteiger partial charge >= 0.3 is 0 Å². The van der Waals surface area contributed by atoms with Gasteiger partial charge in [-0.05, 0) is 11.4 Å². The highest BCUT2D eigenvalue weighted by Crippen LogP contribution is 2.11. The van der Waals surface area contributed by atoms with Gasteiger partial charge in [-0.1, -0.05) is 6.07 Å². The SMILES string of the molecule is CNC(=O)[C@H](Cc1cccs1)NC(C)=O. The van der Waals surface area contributed by atoms with Gasteiger partial charge in [0.25, 0.3) is 0 Å². The largest absolute Gasteiger partial charge is 0.357 e. The van der Waals surface area contributed by atoms with Crippen molar-refractivity contribution >= 4 is 23.2 Å². The summed E-state index contributed by atoms with van der Waals surface area (Å²) >= 11 is 1.57. The maximum atomic E-state index is 11.5. The molecule has 0 aliphatic rings. The third-order valence-corrected chi connectivity index (χ3v) is 2.82. The smallest absolute Gasteiger partial charge is 0.242 e. The van der Waals surface area contributed by atoms with Gasteiger partial charge in [0.1, 0.15) is 6.04 Å². The minimum atomic E-state index is -0.480. The van der Waals surface area contributed by atoms with Crippen LogP contribution in [0, 0.1) is 0 Å². The van der Waals surface area contributed by atoms with Crippen molar-refractivity contribution < 1.29 is 9.59 Å². The second kappa shape index (κ2) is 5.50. The number of amides is 2. The highest BCUT2D eigenvalue weighted by atomic mass is 32.1. The maximum Gasteiger partial charge on any atom is 0.242 e. The lowest BCUT2D eigenvalue weighted by Gasteiger charge is -2.15. The van der Waals surface area contributed by atoms with Crippen LogP contribution in [0.2, 0.25) is 0 Å². The second-order valence-electron chi connectivity index (χ2n) is 3.15. The van der Waals surface area contributed by atoms with Crippen LogP contribution in [0.5, 0.6) is 0 Å². The predicted octanol–water partition coefficient (Wildman–Crippen LogP) is 0.541. The molecule has 0 aromatic carbocycles. The van der Waals surface area contributed by atoms with Gasteiger partial charge in [0, 0.05) is 25.3 Å². The Morgan fingerprint density at radius 2 is 2.27 bits per heavy atom. The number of likely N-dealkylation sites (N-methyl/N-ethyl adjacent to an activating group) is 1. The first-order chi connectivity index (χ1) is 7.13. The molecular formula is C10H14N2O2S. The summed E-state index contributed by atoms with van der Waals surface area (Å²) in [5.41, 5.74) is 0. The van der Waals surface area contributed by atoms with Gasteiger partial charge in [0.05, 0.1) is 0 Å². The van der Waals surface area contributed by atoms with Crippen molar-refractivity contribution in [2.45, 2.75) is 19.4 Å². The van der Waals surface area contributed by atoms with Crippen LogP contribution in [0.3, 0.4) is 0 Å². The second-order valence-corrected chi connectivity index (χ2v) is 4.18. The van der Waals surface area contributed by atoms with E-state index in [1.165, 1.54) is 6.92 Å². The van der Waals surface area contributed by atoms with E-state index in [0.29, 0.717) is 6.42 Å². The van der Waals surface area contributed by atoms with Crippen LogP contribution >= 0.6 is 11.3 Å². The molecule has 0 fully saturated rings. The third-order valence-electron chi connectivity index (χ3n) is 1.93. The van der Waals surface area contributed by atoms with Crippen LogP contribution in [0.1, 0.15) is 11.8 Å². The van der Waals surface area contributed by atoms with E-state index >= 15 is 0 Å². The molecule has 4 nitrogen and oxygen atoms in total. The zero-order valence-electron chi connectivity index (χ0n) is 8.74. The molecule has 1 aromatic rings. The van der Waals surface area contributed by atoms with Crippen molar-refractivity contribution in [1.82, 2.24) is 10.6 Å². The zero-order valence-corrected chi connectivity index (χ0v) is 9.56. The Hall–Kier alpha value is -1.36. The Morgan fingerprint density at radius 1 is 1.53 bits per heavy atom. The van der Waals surface area contributed by atoms with E-state index in [1.54, 1.807) is 18.4 Å². The van der Waals surface area contributed by atoms with Crippen LogP contribution in [-0.4, -0.2) is 24.9 Å². The monoisotopic (exact) mass is 226 g/mol. The number of thiophene rings is 1. The first kappa shape index (κ1) is 11.7. The van der Waals surface area contributed by atoms with Gasteiger partial charge in [-0.3, -0.25) is 9.59 Å². The van der Waals surface area contributed by atoms with E-state index in [4.69, 9.17) is 0 Å². The highest BCUT2D eigenvalue weighted by molar-refractivity contribution is 7.09. The summed E-state index contributed by atoms with van der Waals surface area (Å²) < 4.78 is 0. The van der Waals surface area contributed by atoms with Crippen LogP contribution in [0.25, 0.3) is 0 Å². The van der Waals surface area contributed by atoms with Crippen molar-refractivity contribution in [2.75, 3.05) is 7.05 Å². The summed E-state index contributed by atoms with van der Waals surface area (Å²) in [4.78, 5) is 23.4. The standard InChI is InChI=1S/C10H14N2O2S/c1-7(13)12-9(10(14)11-2)6-8-4-3-5-15-8/h3-5,9H,6H2,1-2H3,(H,11,14)(H,12,13)/t9-/m0/s1. The number of hydrogen-bond donors (Lipinski definition) is 2.